The molecular formula is C26H20N2O5. The minimum Gasteiger partial charge on any atom is -0.507 e. The summed E-state index contributed by atoms with van der Waals surface area (Å²) in [6.45, 7) is 0. The van der Waals surface area contributed by atoms with E-state index in [1.807, 2.05) is 24.3 Å². The molecule has 0 radical (unpaired) electrons. The Kier molecular flexibility index (Phi) is 4.86. The molecule has 3 N–H and O–H groups in total. The summed E-state index contributed by atoms with van der Waals surface area (Å²) in [6.07, 6.45) is 1.60. The highest BCUT2D eigenvalue weighted by atomic mass is 16.5. The van der Waals surface area contributed by atoms with E-state index in [1.165, 1.54) is 18.1 Å². The van der Waals surface area contributed by atoms with Gasteiger partial charge in [-0.15, -0.1) is 0 Å². The zero-order valence-electron chi connectivity index (χ0n) is 17.6. The Hall–Kier alpha value is -4.52. The number of aliphatic hydroxyl groups is 1. The number of amides is 1. The summed E-state index contributed by atoms with van der Waals surface area (Å²) in [5.41, 5.74) is 1.76. The second kappa shape index (κ2) is 7.87. The van der Waals surface area contributed by atoms with Gasteiger partial charge in [0.05, 0.1) is 24.4 Å². The zero-order valence-corrected chi connectivity index (χ0v) is 17.6. The number of hydrogen-bond acceptors (Lipinski definition) is 5. The third kappa shape index (κ3) is 3.13. The van der Waals surface area contributed by atoms with Crippen LogP contribution in [0.1, 0.15) is 17.2 Å². The second-order valence-electron chi connectivity index (χ2n) is 7.65. The zero-order chi connectivity index (χ0) is 23.1. The van der Waals surface area contributed by atoms with E-state index in [9.17, 15) is 19.8 Å². The summed E-state index contributed by atoms with van der Waals surface area (Å²) < 4.78 is 5.51. The SMILES string of the molecule is COc1ccccc1C1/C(=C(\O)c2c[nH]c3ccccc23)C(=O)C(=O)N1c1ccccc1O. The van der Waals surface area contributed by atoms with Crippen LogP contribution in [0.5, 0.6) is 11.5 Å². The highest BCUT2D eigenvalue weighted by Crippen LogP contribution is 2.47. The van der Waals surface area contributed by atoms with Crippen LogP contribution in [0.15, 0.2) is 84.6 Å². The van der Waals surface area contributed by atoms with Crippen LogP contribution in [-0.2, 0) is 9.59 Å². The van der Waals surface area contributed by atoms with E-state index >= 15 is 0 Å². The topological polar surface area (TPSA) is 103 Å². The monoisotopic (exact) mass is 440 g/mol. The number of anilines is 1. The molecule has 0 aliphatic carbocycles. The molecule has 164 valence electrons. The van der Waals surface area contributed by atoms with Crippen molar-refractivity contribution >= 4 is 34.0 Å². The summed E-state index contributed by atoms with van der Waals surface area (Å²) in [5.74, 6) is -1.73. The smallest absolute Gasteiger partial charge is 0.300 e. The summed E-state index contributed by atoms with van der Waals surface area (Å²) >= 11 is 0. The average Bonchev–Trinajstić information content (AvgIpc) is 3.38. The van der Waals surface area contributed by atoms with Crippen LogP contribution in [-0.4, -0.2) is 34.0 Å². The van der Waals surface area contributed by atoms with E-state index in [4.69, 9.17) is 4.74 Å². The number of carbonyl (C=O) groups excluding carboxylic acids is 2. The Morgan fingerprint density at radius 3 is 2.45 bits per heavy atom. The van der Waals surface area contributed by atoms with Crippen molar-refractivity contribution in [2.45, 2.75) is 6.04 Å². The summed E-state index contributed by atoms with van der Waals surface area (Å²) in [6, 6.07) is 19.6. The van der Waals surface area contributed by atoms with Crippen molar-refractivity contribution in [3.8, 4) is 11.5 Å². The first-order chi connectivity index (χ1) is 16.0. The van der Waals surface area contributed by atoms with Crippen molar-refractivity contribution in [1.29, 1.82) is 0 Å². The van der Waals surface area contributed by atoms with Crippen LogP contribution in [0.4, 0.5) is 5.69 Å². The van der Waals surface area contributed by atoms with E-state index in [0.29, 0.717) is 22.3 Å². The number of aromatic amines is 1. The van der Waals surface area contributed by atoms with Gasteiger partial charge in [0.2, 0.25) is 0 Å². The van der Waals surface area contributed by atoms with Crippen LogP contribution >= 0.6 is 0 Å². The molecule has 7 nitrogen and oxygen atoms in total. The molecule has 1 saturated heterocycles. The largest absolute Gasteiger partial charge is 0.507 e. The fourth-order valence-corrected chi connectivity index (χ4v) is 4.35. The number of rotatable bonds is 4. The number of nitrogens with zero attached hydrogens (tertiary/aromatic N) is 1. The van der Waals surface area contributed by atoms with Gasteiger partial charge in [-0.2, -0.15) is 0 Å². The lowest BCUT2D eigenvalue weighted by molar-refractivity contribution is -0.132. The predicted octanol–water partition coefficient (Wildman–Crippen LogP) is 4.51. The van der Waals surface area contributed by atoms with Crippen molar-refractivity contribution in [2.24, 2.45) is 0 Å². The highest BCUT2D eigenvalue weighted by molar-refractivity contribution is 6.52. The third-order valence-corrected chi connectivity index (χ3v) is 5.86. The molecule has 0 saturated carbocycles. The summed E-state index contributed by atoms with van der Waals surface area (Å²) in [4.78, 5) is 30.9. The van der Waals surface area contributed by atoms with Crippen molar-refractivity contribution in [3.05, 3.63) is 95.7 Å². The number of Topliss-reactive ketones (excluding diaryl/α,β-unsaturated/α-hetero) is 1. The molecule has 1 aromatic heterocycles. The Morgan fingerprint density at radius 1 is 0.970 bits per heavy atom. The molecule has 1 unspecified atom stereocenters. The second-order valence-corrected chi connectivity index (χ2v) is 7.65. The quantitative estimate of drug-likeness (QED) is 0.246. The molecule has 1 fully saturated rings. The van der Waals surface area contributed by atoms with Crippen molar-refractivity contribution in [3.63, 3.8) is 0 Å². The number of ether oxygens (including phenoxy) is 1. The lowest BCUT2D eigenvalue weighted by Crippen LogP contribution is -2.29. The fourth-order valence-electron chi connectivity index (χ4n) is 4.35. The van der Waals surface area contributed by atoms with Crippen LogP contribution in [0.2, 0.25) is 0 Å². The molecule has 7 heteroatoms. The number of phenols is 1. The normalized spacial score (nSPS) is 17.6. The average molecular weight is 440 g/mol. The van der Waals surface area contributed by atoms with Crippen molar-refractivity contribution in [1.82, 2.24) is 4.98 Å². The van der Waals surface area contributed by atoms with Crippen LogP contribution in [0.3, 0.4) is 0 Å². The molecule has 1 amide bonds. The molecule has 0 spiro atoms. The number of fused-ring (bicyclic) bond motifs is 1. The molecule has 2 heterocycles. The number of hydrogen-bond donors (Lipinski definition) is 3. The van der Waals surface area contributed by atoms with Crippen LogP contribution in [0, 0.1) is 0 Å². The lowest BCUT2D eigenvalue weighted by Gasteiger charge is -2.27. The van der Waals surface area contributed by atoms with Gasteiger partial charge in [-0.05, 0) is 24.3 Å². The predicted molar refractivity (Wildman–Crippen MR) is 124 cm³/mol. The van der Waals surface area contributed by atoms with Gasteiger partial charge in [0.15, 0.2) is 0 Å². The number of para-hydroxylation sites is 4. The number of nitrogens with one attached hydrogen (secondary N) is 1. The number of phenolic OH excluding ortho intramolecular Hbond substituents is 1. The number of aromatic hydroxyl groups is 1. The molecule has 1 aliphatic rings. The maximum absolute atomic E-state index is 13.3. The highest BCUT2D eigenvalue weighted by Gasteiger charge is 2.48. The standard InChI is InChI=1S/C26H20N2O5/c1-33-21-13-7-3-9-16(21)23-22(24(30)17-14-27-18-10-4-2-8-15(17)18)25(31)26(32)28(23)19-11-5-6-12-20(19)29/h2-14,23,27,29-30H,1H3/b24-22+. The van der Waals surface area contributed by atoms with E-state index < -0.39 is 17.7 Å². The van der Waals surface area contributed by atoms with E-state index in [1.54, 1.807) is 48.7 Å². The number of ketones is 1. The fraction of sp³-hybridized carbons (Fsp3) is 0.0769. The molecular weight excluding hydrogens is 420 g/mol. The number of aliphatic hydroxyl groups excluding tert-OH is 1. The first-order valence-electron chi connectivity index (χ1n) is 10.3. The first-order valence-corrected chi connectivity index (χ1v) is 10.3. The minimum absolute atomic E-state index is 0.0856. The van der Waals surface area contributed by atoms with Gasteiger partial charge in [0.1, 0.15) is 17.3 Å². The minimum atomic E-state index is -1.01. The Bertz CT molecular complexity index is 1440. The van der Waals surface area contributed by atoms with Gasteiger partial charge in [0, 0.05) is 28.2 Å². The maximum Gasteiger partial charge on any atom is 0.300 e. The third-order valence-electron chi connectivity index (χ3n) is 5.86. The summed E-state index contributed by atoms with van der Waals surface area (Å²) in [5, 5.41) is 22.6. The lowest BCUT2D eigenvalue weighted by atomic mass is 9.94. The Morgan fingerprint density at radius 2 is 1.67 bits per heavy atom. The molecule has 5 rings (SSSR count). The molecule has 33 heavy (non-hydrogen) atoms. The molecule has 4 aromatic rings. The van der Waals surface area contributed by atoms with Gasteiger partial charge >= 0.3 is 0 Å². The van der Waals surface area contributed by atoms with Gasteiger partial charge in [0.25, 0.3) is 11.7 Å². The van der Waals surface area contributed by atoms with Gasteiger partial charge in [-0.1, -0.05) is 48.5 Å². The van der Waals surface area contributed by atoms with Gasteiger partial charge in [-0.25, -0.2) is 0 Å². The van der Waals surface area contributed by atoms with Crippen molar-refractivity contribution < 1.29 is 24.5 Å². The van der Waals surface area contributed by atoms with E-state index in [0.717, 1.165) is 5.52 Å². The van der Waals surface area contributed by atoms with E-state index in [-0.39, 0.29) is 22.8 Å². The maximum atomic E-state index is 13.3. The van der Waals surface area contributed by atoms with Crippen LogP contribution < -0.4 is 9.64 Å². The number of aromatic nitrogens is 1. The molecule has 1 aliphatic heterocycles. The number of H-pyrrole nitrogens is 1. The van der Waals surface area contributed by atoms with E-state index in [2.05, 4.69) is 4.98 Å². The Labute approximate surface area is 189 Å². The molecule has 1 atom stereocenters. The number of benzene rings is 3. The Balaban J connectivity index is 1.81. The van der Waals surface area contributed by atoms with Gasteiger partial charge in [-0.3, -0.25) is 14.5 Å². The number of carbonyl (C=O) groups is 2. The number of methoxy groups -OCH3 is 1. The summed E-state index contributed by atoms with van der Waals surface area (Å²) in [7, 11) is 1.49. The van der Waals surface area contributed by atoms with Gasteiger partial charge < -0.3 is 19.9 Å². The first kappa shape index (κ1) is 20.4. The van der Waals surface area contributed by atoms with Crippen molar-refractivity contribution in [2.75, 3.05) is 12.0 Å². The molecule has 0 bridgehead atoms. The van der Waals surface area contributed by atoms with Crippen LogP contribution in [0.25, 0.3) is 16.7 Å². The molecule has 3 aromatic carbocycles.